The molecular weight excluding hydrogens is 367 g/mol. The molecule has 3 amide bonds. The van der Waals surface area contributed by atoms with E-state index in [9.17, 15) is 14.0 Å². The molecule has 1 heterocycles. The number of anilines is 1. The minimum atomic E-state index is -0.531. The predicted octanol–water partition coefficient (Wildman–Crippen LogP) is 2.62. The molecule has 1 fully saturated rings. The summed E-state index contributed by atoms with van der Waals surface area (Å²) in [6, 6.07) is 13.5. The maximum absolute atomic E-state index is 14.3. The van der Waals surface area contributed by atoms with Crippen LogP contribution in [0.15, 0.2) is 48.5 Å². The molecule has 0 radical (unpaired) electrons. The Morgan fingerprint density at radius 1 is 1.22 bits per heavy atom. The van der Waals surface area contributed by atoms with E-state index in [1.165, 1.54) is 6.07 Å². The van der Waals surface area contributed by atoms with Crippen LogP contribution in [0.2, 0.25) is 0 Å². The smallest absolute Gasteiger partial charge is 0.321 e. The maximum atomic E-state index is 14.3. The minimum absolute atomic E-state index is 0.0870. The van der Waals surface area contributed by atoms with E-state index in [1.807, 2.05) is 35.8 Å². The molecule has 27 heavy (non-hydrogen) atoms. The first-order valence-electron chi connectivity index (χ1n) is 8.59. The van der Waals surface area contributed by atoms with E-state index in [2.05, 4.69) is 5.32 Å². The standard InChI is InChI=1S/C19H21FN4O2S/c20-17-11-14(18(25)23-21)7-6-13(17)10-16-12-24(8-9-27-16)19(26)22-15-4-2-1-3-5-15/h1-7,11,16H,8-10,12,21H2,(H,22,26)(H,23,25). The molecule has 0 bridgehead atoms. The SMILES string of the molecule is NNC(=O)c1ccc(CC2CN(C(=O)Nc3ccccc3)CCS2)c(F)c1. The van der Waals surface area contributed by atoms with Crippen molar-refractivity contribution in [2.45, 2.75) is 11.7 Å². The van der Waals surface area contributed by atoms with Crippen LogP contribution in [0, 0.1) is 5.82 Å². The van der Waals surface area contributed by atoms with Gasteiger partial charge in [-0.1, -0.05) is 24.3 Å². The van der Waals surface area contributed by atoms with Gasteiger partial charge in [0.2, 0.25) is 0 Å². The quantitative estimate of drug-likeness (QED) is 0.427. The molecule has 142 valence electrons. The topological polar surface area (TPSA) is 87.5 Å². The number of nitrogens with two attached hydrogens (primary N) is 1. The van der Waals surface area contributed by atoms with E-state index in [-0.39, 0.29) is 16.8 Å². The van der Waals surface area contributed by atoms with Crippen LogP contribution in [0.4, 0.5) is 14.9 Å². The molecule has 1 atom stereocenters. The van der Waals surface area contributed by atoms with Crippen LogP contribution in [-0.2, 0) is 6.42 Å². The molecule has 1 aliphatic heterocycles. The molecule has 0 spiro atoms. The van der Waals surface area contributed by atoms with E-state index in [0.717, 1.165) is 11.4 Å². The van der Waals surface area contributed by atoms with Crippen molar-refractivity contribution in [1.29, 1.82) is 0 Å². The third-order valence-corrected chi connectivity index (χ3v) is 5.55. The van der Waals surface area contributed by atoms with Crippen LogP contribution in [-0.4, -0.2) is 40.9 Å². The van der Waals surface area contributed by atoms with Crippen LogP contribution in [0.3, 0.4) is 0 Å². The molecule has 0 aliphatic carbocycles. The number of carbonyl (C=O) groups is 2. The number of hydrogen-bond acceptors (Lipinski definition) is 4. The number of nitrogen functional groups attached to an aromatic ring is 1. The third kappa shape index (κ3) is 4.99. The fourth-order valence-electron chi connectivity index (χ4n) is 2.93. The second-order valence-electron chi connectivity index (χ2n) is 6.22. The van der Waals surface area contributed by atoms with Gasteiger partial charge in [-0.15, -0.1) is 0 Å². The number of hydrogen-bond donors (Lipinski definition) is 3. The molecule has 0 saturated carbocycles. The molecule has 1 aliphatic rings. The monoisotopic (exact) mass is 388 g/mol. The Balaban J connectivity index is 1.61. The summed E-state index contributed by atoms with van der Waals surface area (Å²) < 4.78 is 14.3. The van der Waals surface area contributed by atoms with Crippen LogP contribution in [0.25, 0.3) is 0 Å². The number of nitrogens with one attached hydrogen (secondary N) is 2. The van der Waals surface area contributed by atoms with Gasteiger partial charge in [0.1, 0.15) is 5.82 Å². The molecule has 1 unspecified atom stereocenters. The molecule has 3 rings (SSSR count). The molecule has 4 N–H and O–H groups in total. The zero-order chi connectivity index (χ0) is 19.2. The Bertz CT molecular complexity index is 819. The van der Waals surface area contributed by atoms with Crippen LogP contribution in [0.1, 0.15) is 15.9 Å². The lowest BCUT2D eigenvalue weighted by Gasteiger charge is -2.32. The summed E-state index contributed by atoms with van der Waals surface area (Å²) in [5.41, 5.74) is 3.43. The largest absolute Gasteiger partial charge is 0.323 e. The lowest BCUT2D eigenvalue weighted by molar-refractivity contribution is 0.0953. The second kappa shape index (κ2) is 8.88. The van der Waals surface area contributed by atoms with E-state index < -0.39 is 11.7 Å². The number of halogens is 1. The number of benzene rings is 2. The van der Waals surface area contributed by atoms with Gasteiger partial charge in [0.05, 0.1) is 0 Å². The van der Waals surface area contributed by atoms with Crippen molar-refractivity contribution < 1.29 is 14.0 Å². The number of rotatable bonds is 4. The van der Waals surface area contributed by atoms with Crippen molar-refractivity contribution in [2.75, 3.05) is 24.2 Å². The van der Waals surface area contributed by atoms with Crippen molar-refractivity contribution in [3.8, 4) is 0 Å². The predicted molar refractivity (Wildman–Crippen MR) is 105 cm³/mol. The highest BCUT2D eigenvalue weighted by Crippen LogP contribution is 2.24. The fraction of sp³-hybridized carbons (Fsp3) is 0.263. The highest BCUT2D eigenvalue weighted by atomic mass is 32.2. The van der Waals surface area contributed by atoms with Crippen LogP contribution >= 0.6 is 11.8 Å². The Morgan fingerprint density at radius 2 is 2.00 bits per heavy atom. The van der Waals surface area contributed by atoms with Gasteiger partial charge in [-0.3, -0.25) is 10.2 Å². The summed E-state index contributed by atoms with van der Waals surface area (Å²) in [5.74, 6) is 4.89. The Kier molecular flexibility index (Phi) is 6.31. The molecule has 2 aromatic carbocycles. The first-order chi connectivity index (χ1) is 13.1. The fourth-order valence-corrected chi connectivity index (χ4v) is 4.18. The van der Waals surface area contributed by atoms with Crippen molar-refractivity contribution in [2.24, 2.45) is 5.84 Å². The number of hydrazine groups is 1. The summed E-state index contributed by atoms with van der Waals surface area (Å²) in [4.78, 5) is 25.7. The van der Waals surface area contributed by atoms with Crippen LogP contribution in [0.5, 0.6) is 0 Å². The zero-order valence-corrected chi connectivity index (χ0v) is 15.5. The van der Waals surface area contributed by atoms with E-state index in [1.54, 1.807) is 28.8 Å². The molecule has 8 heteroatoms. The molecule has 0 aromatic heterocycles. The third-order valence-electron chi connectivity index (χ3n) is 4.34. The van der Waals surface area contributed by atoms with Gasteiger partial charge in [-0.25, -0.2) is 15.0 Å². The Hall–Kier alpha value is -2.58. The van der Waals surface area contributed by atoms with Gasteiger partial charge in [0.25, 0.3) is 5.91 Å². The van der Waals surface area contributed by atoms with Crippen molar-refractivity contribution >= 4 is 29.4 Å². The summed E-state index contributed by atoms with van der Waals surface area (Å²) in [5, 5.41) is 2.97. The highest BCUT2D eigenvalue weighted by molar-refractivity contribution is 8.00. The van der Waals surface area contributed by atoms with Gasteiger partial charge in [0, 0.05) is 35.3 Å². The second-order valence-corrected chi connectivity index (χ2v) is 7.63. The Labute approximate surface area is 161 Å². The molecule has 2 aromatic rings. The van der Waals surface area contributed by atoms with Crippen LogP contribution < -0.4 is 16.6 Å². The number of amides is 3. The number of urea groups is 1. The van der Waals surface area contributed by atoms with Gasteiger partial charge in [0.15, 0.2) is 0 Å². The minimum Gasteiger partial charge on any atom is -0.323 e. The van der Waals surface area contributed by atoms with Crippen molar-refractivity contribution in [1.82, 2.24) is 10.3 Å². The number of para-hydroxylation sites is 1. The lowest BCUT2D eigenvalue weighted by Crippen LogP contribution is -2.44. The Morgan fingerprint density at radius 3 is 2.70 bits per heavy atom. The number of nitrogens with zero attached hydrogens (tertiary/aromatic N) is 1. The number of carbonyl (C=O) groups excluding carboxylic acids is 2. The normalized spacial score (nSPS) is 16.7. The zero-order valence-electron chi connectivity index (χ0n) is 14.7. The molecular formula is C19H21FN4O2S. The van der Waals surface area contributed by atoms with Gasteiger partial charge in [-0.2, -0.15) is 11.8 Å². The average molecular weight is 388 g/mol. The molecule has 6 nitrogen and oxygen atoms in total. The van der Waals surface area contributed by atoms with Gasteiger partial charge in [-0.05, 0) is 36.2 Å². The first kappa shape index (κ1) is 19.2. The lowest BCUT2D eigenvalue weighted by atomic mass is 10.1. The van der Waals surface area contributed by atoms with Gasteiger partial charge >= 0.3 is 6.03 Å². The number of thioether (sulfide) groups is 1. The first-order valence-corrected chi connectivity index (χ1v) is 9.63. The van der Waals surface area contributed by atoms with Crippen molar-refractivity contribution in [3.05, 3.63) is 65.5 Å². The summed E-state index contributed by atoms with van der Waals surface area (Å²) in [6.45, 7) is 1.19. The summed E-state index contributed by atoms with van der Waals surface area (Å²) in [6.07, 6.45) is 0.482. The van der Waals surface area contributed by atoms with Gasteiger partial charge < -0.3 is 10.2 Å². The molecule has 1 saturated heterocycles. The van der Waals surface area contributed by atoms with Crippen molar-refractivity contribution in [3.63, 3.8) is 0 Å². The van der Waals surface area contributed by atoms with E-state index in [0.29, 0.717) is 25.1 Å². The van der Waals surface area contributed by atoms with E-state index >= 15 is 0 Å². The van der Waals surface area contributed by atoms with E-state index in [4.69, 9.17) is 5.84 Å². The average Bonchev–Trinajstić information content (AvgIpc) is 2.70. The summed E-state index contributed by atoms with van der Waals surface area (Å²) >= 11 is 1.72. The summed E-state index contributed by atoms with van der Waals surface area (Å²) in [7, 11) is 0. The maximum Gasteiger partial charge on any atom is 0.321 e. The highest BCUT2D eigenvalue weighted by Gasteiger charge is 2.25.